The zero-order chi connectivity index (χ0) is 32.8. The standard InChI is InChI=1S/C32H38ClFN4O6SSi/c1-45(2,40)37-24-11-10-21(14-23(24)34)19-6-8-20(9-7-19)28-22(33)15-25-31(36-28)38(18-41-12-13-46(3,4)5)32(35-25)44-27-17-43-29-26(39)16-42-30(27)29/h6-11,14-15,26-27,29-30,39H,12-13,16-18H2,1-5H3/t26-,27-,29-,30-/m1/s1. The number of nitrogens with zero attached hydrogens (tertiary/aromatic N) is 4. The Morgan fingerprint density at radius 3 is 2.43 bits per heavy atom. The maximum absolute atomic E-state index is 14.7. The topological polar surface area (TPSA) is 117 Å². The fraction of sp³-hybridized carbons (Fsp3) is 0.438. The smallest absolute Gasteiger partial charge is 0.301 e. The number of fused-ring (bicyclic) bond motifs is 2. The lowest BCUT2D eigenvalue weighted by Gasteiger charge is -2.19. The minimum Gasteiger partial charge on any atom is -0.456 e. The summed E-state index contributed by atoms with van der Waals surface area (Å²) in [7, 11) is -3.80. The van der Waals surface area contributed by atoms with Crippen molar-refractivity contribution < 1.29 is 32.7 Å². The molecule has 2 aliphatic heterocycles. The molecule has 0 radical (unpaired) electrons. The van der Waals surface area contributed by atoms with Crippen LogP contribution in [0.1, 0.15) is 0 Å². The van der Waals surface area contributed by atoms with Crippen LogP contribution < -0.4 is 4.74 Å². The Balaban J connectivity index is 1.30. The summed E-state index contributed by atoms with van der Waals surface area (Å²) < 4.78 is 56.5. The maximum Gasteiger partial charge on any atom is 0.301 e. The number of hydrogen-bond donors (Lipinski definition) is 1. The Morgan fingerprint density at radius 1 is 1.04 bits per heavy atom. The van der Waals surface area contributed by atoms with Crippen LogP contribution in [-0.2, 0) is 30.7 Å². The van der Waals surface area contributed by atoms with Gasteiger partial charge in [-0.05, 0) is 35.4 Å². The molecular formula is C32H38ClFN4O6SSi. The highest BCUT2D eigenvalue weighted by atomic mass is 35.5. The monoisotopic (exact) mass is 688 g/mol. The SMILES string of the molecule is C[Si](C)(C)CCOCn1c(O[C@@H]2CO[C@H]3[C@@H]2OC[C@H]3O)nc2cc(Cl)c(-c3ccc(-c4ccc(N=S(C)(C)=O)c(F)c4)cc3)nc21. The van der Waals surface area contributed by atoms with Crippen molar-refractivity contribution in [2.75, 3.05) is 32.3 Å². The molecule has 4 aromatic rings. The van der Waals surface area contributed by atoms with E-state index in [1.54, 1.807) is 16.7 Å². The van der Waals surface area contributed by atoms with Gasteiger partial charge in [0.2, 0.25) is 0 Å². The molecule has 0 unspecified atom stereocenters. The number of aliphatic hydroxyl groups excluding tert-OH is 1. The van der Waals surface area contributed by atoms with Gasteiger partial charge in [-0.2, -0.15) is 9.35 Å². The van der Waals surface area contributed by atoms with Crippen LogP contribution in [0.4, 0.5) is 10.1 Å². The molecule has 46 heavy (non-hydrogen) atoms. The second-order valence-electron chi connectivity index (χ2n) is 13.2. The normalized spacial score (nSPS) is 21.6. The number of ether oxygens (including phenoxy) is 4. The van der Waals surface area contributed by atoms with Gasteiger partial charge in [0, 0.05) is 42.5 Å². The number of aromatic nitrogens is 3. The number of hydrogen-bond acceptors (Lipinski definition) is 9. The molecule has 0 spiro atoms. The molecular weight excluding hydrogens is 651 g/mol. The van der Waals surface area contributed by atoms with Gasteiger partial charge in [-0.3, -0.25) is 4.57 Å². The first kappa shape index (κ1) is 33.0. The third-order valence-corrected chi connectivity index (χ3v) is 10.5. The van der Waals surface area contributed by atoms with Gasteiger partial charge in [0.05, 0.1) is 23.9 Å². The largest absolute Gasteiger partial charge is 0.456 e. The highest BCUT2D eigenvalue weighted by molar-refractivity contribution is 7.92. The van der Waals surface area contributed by atoms with Crippen LogP contribution in [0.2, 0.25) is 30.7 Å². The van der Waals surface area contributed by atoms with E-state index in [1.807, 2.05) is 24.3 Å². The Morgan fingerprint density at radius 2 is 1.74 bits per heavy atom. The molecule has 0 saturated carbocycles. The van der Waals surface area contributed by atoms with Crippen LogP contribution in [0, 0.1) is 5.82 Å². The zero-order valence-corrected chi connectivity index (χ0v) is 29.0. The molecule has 6 rings (SSSR count). The molecule has 2 aromatic heterocycles. The second kappa shape index (κ2) is 12.9. The van der Waals surface area contributed by atoms with Gasteiger partial charge in [-0.1, -0.05) is 61.6 Å². The van der Waals surface area contributed by atoms with Crippen LogP contribution in [0.15, 0.2) is 52.9 Å². The number of benzene rings is 2. The number of pyridine rings is 1. The predicted molar refractivity (Wildman–Crippen MR) is 179 cm³/mol. The average Bonchev–Trinajstić information content (AvgIpc) is 3.65. The van der Waals surface area contributed by atoms with Gasteiger partial charge in [-0.25, -0.2) is 13.6 Å². The van der Waals surface area contributed by atoms with Crippen LogP contribution >= 0.6 is 11.6 Å². The minimum atomic E-state index is -2.48. The Hall–Kier alpha value is -2.91. The number of rotatable bonds is 10. The van der Waals surface area contributed by atoms with E-state index in [0.29, 0.717) is 40.1 Å². The lowest BCUT2D eigenvalue weighted by atomic mass is 10.0. The summed E-state index contributed by atoms with van der Waals surface area (Å²) in [6.07, 6.45) is 0.946. The fourth-order valence-corrected chi connectivity index (χ4v) is 7.08. The van der Waals surface area contributed by atoms with E-state index in [2.05, 4.69) is 24.0 Å². The van der Waals surface area contributed by atoms with Crippen molar-refractivity contribution in [1.29, 1.82) is 0 Å². The maximum atomic E-state index is 14.7. The highest BCUT2D eigenvalue weighted by Crippen LogP contribution is 2.35. The summed E-state index contributed by atoms with van der Waals surface area (Å²) in [6.45, 7) is 8.11. The van der Waals surface area contributed by atoms with Crippen molar-refractivity contribution in [3.05, 3.63) is 59.4 Å². The predicted octanol–water partition coefficient (Wildman–Crippen LogP) is 6.14. The van der Waals surface area contributed by atoms with Gasteiger partial charge in [0.15, 0.2) is 11.8 Å². The molecule has 4 heterocycles. The van der Waals surface area contributed by atoms with Crippen molar-refractivity contribution in [3.63, 3.8) is 0 Å². The fourth-order valence-electron chi connectivity index (χ4n) is 5.45. The Kier molecular flexibility index (Phi) is 9.29. The van der Waals surface area contributed by atoms with Crippen molar-refractivity contribution in [2.24, 2.45) is 4.36 Å². The molecule has 2 fully saturated rings. The van der Waals surface area contributed by atoms with E-state index < -0.39 is 48.0 Å². The molecule has 10 nitrogen and oxygen atoms in total. The Labute approximate surface area is 274 Å². The minimum absolute atomic E-state index is 0.0673. The van der Waals surface area contributed by atoms with Crippen LogP contribution in [0.25, 0.3) is 33.5 Å². The van der Waals surface area contributed by atoms with Crippen molar-refractivity contribution in [3.8, 4) is 28.4 Å². The van der Waals surface area contributed by atoms with E-state index in [9.17, 15) is 13.7 Å². The van der Waals surface area contributed by atoms with E-state index >= 15 is 0 Å². The van der Waals surface area contributed by atoms with E-state index in [-0.39, 0.29) is 25.6 Å². The van der Waals surface area contributed by atoms with Gasteiger partial charge in [0.1, 0.15) is 42.1 Å². The van der Waals surface area contributed by atoms with E-state index in [1.165, 1.54) is 24.6 Å². The summed E-state index contributed by atoms with van der Waals surface area (Å²) >= 11 is 6.75. The Bertz CT molecular complexity index is 1870. The molecule has 0 bridgehead atoms. The van der Waals surface area contributed by atoms with Gasteiger partial charge in [0.25, 0.3) is 0 Å². The third-order valence-electron chi connectivity index (χ3n) is 7.85. The average molecular weight is 689 g/mol. The molecule has 0 aliphatic carbocycles. The lowest BCUT2D eigenvalue weighted by Crippen LogP contribution is -2.35. The molecule has 2 aromatic carbocycles. The summed E-state index contributed by atoms with van der Waals surface area (Å²) in [5, 5.41) is 10.6. The first-order valence-electron chi connectivity index (χ1n) is 15.1. The quantitative estimate of drug-likeness (QED) is 0.156. The van der Waals surface area contributed by atoms with Gasteiger partial charge < -0.3 is 24.1 Å². The first-order valence-corrected chi connectivity index (χ1v) is 21.5. The molecule has 4 atom stereocenters. The van der Waals surface area contributed by atoms with Crippen LogP contribution in [-0.4, -0.2) is 88.7 Å². The molecule has 246 valence electrons. The summed E-state index contributed by atoms with van der Waals surface area (Å²) in [5.41, 5.74) is 3.90. The van der Waals surface area contributed by atoms with E-state index in [0.717, 1.165) is 17.2 Å². The van der Waals surface area contributed by atoms with Crippen LogP contribution in [0.5, 0.6) is 6.01 Å². The zero-order valence-electron chi connectivity index (χ0n) is 26.4. The summed E-state index contributed by atoms with van der Waals surface area (Å²) in [4.78, 5) is 9.63. The third kappa shape index (κ3) is 7.30. The van der Waals surface area contributed by atoms with Crippen LogP contribution in [0.3, 0.4) is 0 Å². The van der Waals surface area contributed by atoms with E-state index in [4.69, 9.17) is 40.5 Å². The molecule has 1 N–H and O–H groups in total. The highest BCUT2D eigenvalue weighted by Gasteiger charge is 2.49. The van der Waals surface area contributed by atoms with Gasteiger partial charge >= 0.3 is 6.01 Å². The molecule has 14 heteroatoms. The molecule has 0 amide bonds. The molecule has 2 aliphatic rings. The van der Waals surface area contributed by atoms with Gasteiger partial charge in [-0.15, -0.1) is 0 Å². The first-order chi connectivity index (χ1) is 21.8. The van der Waals surface area contributed by atoms with Crippen molar-refractivity contribution >= 4 is 46.3 Å². The summed E-state index contributed by atoms with van der Waals surface area (Å²) in [6, 6.07) is 15.2. The van der Waals surface area contributed by atoms with Crippen molar-refractivity contribution in [1.82, 2.24) is 14.5 Å². The second-order valence-corrected chi connectivity index (χ2v) is 21.7. The number of aliphatic hydroxyl groups is 1. The number of halogens is 2. The number of imidazole rings is 1. The summed E-state index contributed by atoms with van der Waals surface area (Å²) in [5.74, 6) is -0.540. The lowest BCUT2D eigenvalue weighted by molar-refractivity contribution is 0.00336. The molecule has 2 saturated heterocycles. The van der Waals surface area contributed by atoms with Crippen molar-refractivity contribution in [2.45, 2.75) is 56.8 Å².